The molecule has 1 aromatic rings. The standard InChI is InChI=1S/C17H28N2/c1-14(2)11-19-13-17(15-7-4-3-5-8-15)16-9-6-10-18-12-16/h6,9-10,12,14-15,17,19H,3-5,7-8,11,13H2,1-2H3. The average Bonchev–Trinajstić information content (AvgIpc) is 2.45. The highest BCUT2D eigenvalue weighted by molar-refractivity contribution is 5.16. The molecule has 2 rings (SSSR count). The molecule has 19 heavy (non-hydrogen) atoms. The Bertz CT molecular complexity index is 342. The molecular weight excluding hydrogens is 232 g/mol. The SMILES string of the molecule is CC(C)CNCC(c1cccnc1)C1CCCCC1. The molecule has 2 nitrogen and oxygen atoms in total. The lowest BCUT2D eigenvalue weighted by Crippen LogP contribution is -2.30. The Labute approximate surface area is 118 Å². The Morgan fingerprint density at radius 2 is 2.00 bits per heavy atom. The zero-order valence-electron chi connectivity index (χ0n) is 12.4. The molecule has 1 atom stereocenters. The lowest BCUT2D eigenvalue weighted by Gasteiger charge is -2.31. The Morgan fingerprint density at radius 3 is 2.63 bits per heavy atom. The van der Waals surface area contributed by atoms with Crippen LogP contribution in [0.5, 0.6) is 0 Å². The molecule has 0 radical (unpaired) electrons. The predicted molar refractivity (Wildman–Crippen MR) is 81.3 cm³/mol. The summed E-state index contributed by atoms with van der Waals surface area (Å²) in [7, 11) is 0. The Hall–Kier alpha value is -0.890. The van der Waals surface area contributed by atoms with Gasteiger partial charge in [-0.15, -0.1) is 0 Å². The van der Waals surface area contributed by atoms with E-state index in [1.54, 1.807) is 0 Å². The zero-order chi connectivity index (χ0) is 13.5. The predicted octanol–water partition coefficient (Wildman–Crippen LogP) is 3.99. The van der Waals surface area contributed by atoms with E-state index in [4.69, 9.17) is 0 Å². The van der Waals surface area contributed by atoms with Crippen LogP contribution in [0.2, 0.25) is 0 Å². The quantitative estimate of drug-likeness (QED) is 0.836. The van der Waals surface area contributed by atoms with Crippen LogP contribution in [0.15, 0.2) is 24.5 Å². The second-order valence-electron chi connectivity index (χ2n) is 6.34. The van der Waals surface area contributed by atoms with Gasteiger partial charge in [-0.2, -0.15) is 0 Å². The summed E-state index contributed by atoms with van der Waals surface area (Å²) in [6.07, 6.45) is 11.0. The van der Waals surface area contributed by atoms with E-state index in [1.807, 2.05) is 6.20 Å². The van der Waals surface area contributed by atoms with E-state index in [9.17, 15) is 0 Å². The highest BCUT2D eigenvalue weighted by Gasteiger charge is 2.24. The molecule has 1 saturated carbocycles. The normalized spacial score (nSPS) is 18.7. The summed E-state index contributed by atoms with van der Waals surface area (Å²) in [6.45, 7) is 6.76. The maximum atomic E-state index is 4.32. The van der Waals surface area contributed by atoms with Crippen molar-refractivity contribution in [1.29, 1.82) is 0 Å². The first-order valence-electron chi connectivity index (χ1n) is 7.88. The number of hydrogen-bond donors (Lipinski definition) is 1. The van der Waals surface area contributed by atoms with E-state index < -0.39 is 0 Å². The Kier molecular flexibility index (Phi) is 5.84. The maximum absolute atomic E-state index is 4.32. The Morgan fingerprint density at radius 1 is 1.21 bits per heavy atom. The summed E-state index contributed by atoms with van der Waals surface area (Å²) in [5.74, 6) is 2.21. The minimum Gasteiger partial charge on any atom is -0.316 e. The second kappa shape index (κ2) is 7.64. The minimum absolute atomic E-state index is 0.646. The van der Waals surface area contributed by atoms with Gasteiger partial charge in [0.2, 0.25) is 0 Å². The van der Waals surface area contributed by atoms with Crippen LogP contribution in [0, 0.1) is 11.8 Å². The van der Waals surface area contributed by atoms with Gasteiger partial charge in [-0.25, -0.2) is 0 Å². The van der Waals surface area contributed by atoms with Gasteiger partial charge in [0.1, 0.15) is 0 Å². The van der Waals surface area contributed by atoms with Crippen molar-refractivity contribution in [3.63, 3.8) is 0 Å². The van der Waals surface area contributed by atoms with Gasteiger partial charge < -0.3 is 5.32 Å². The third-order valence-electron chi connectivity index (χ3n) is 4.25. The molecule has 0 aliphatic heterocycles. The van der Waals surface area contributed by atoms with Gasteiger partial charge in [0.05, 0.1) is 0 Å². The monoisotopic (exact) mass is 260 g/mol. The minimum atomic E-state index is 0.646. The fourth-order valence-corrected chi connectivity index (χ4v) is 3.22. The summed E-state index contributed by atoms with van der Waals surface area (Å²) in [5, 5.41) is 3.65. The molecule has 1 N–H and O–H groups in total. The molecule has 0 amide bonds. The summed E-state index contributed by atoms with van der Waals surface area (Å²) in [6, 6.07) is 4.33. The molecule has 0 bridgehead atoms. The molecule has 0 saturated heterocycles. The number of nitrogens with one attached hydrogen (secondary N) is 1. The van der Waals surface area contributed by atoms with Gasteiger partial charge in [-0.1, -0.05) is 39.2 Å². The highest BCUT2D eigenvalue weighted by Crippen LogP contribution is 2.35. The molecule has 0 aromatic carbocycles. The molecule has 1 fully saturated rings. The molecule has 1 heterocycles. The van der Waals surface area contributed by atoms with Gasteiger partial charge in [0, 0.05) is 24.9 Å². The summed E-state index contributed by atoms with van der Waals surface area (Å²) < 4.78 is 0. The van der Waals surface area contributed by atoms with E-state index >= 15 is 0 Å². The highest BCUT2D eigenvalue weighted by atomic mass is 14.9. The van der Waals surface area contributed by atoms with Crippen LogP contribution in [-0.2, 0) is 0 Å². The van der Waals surface area contributed by atoms with Crippen molar-refractivity contribution < 1.29 is 0 Å². The van der Waals surface area contributed by atoms with Crippen molar-refractivity contribution in [2.75, 3.05) is 13.1 Å². The Balaban J connectivity index is 2.00. The smallest absolute Gasteiger partial charge is 0.0303 e. The molecule has 106 valence electrons. The van der Waals surface area contributed by atoms with Gasteiger partial charge in [-0.3, -0.25) is 4.98 Å². The van der Waals surface area contributed by atoms with Crippen molar-refractivity contribution in [3.8, 4) is 0 Å². The van der Waals surface area contributed by atoms with Crippen molar-refractivity contribution in [2.24, 2.45) is 11.8 Å². The van der Waals surface area contributed by atoms with Crippen LogP contribution in [0.4, 0.5) is 0 Å². The molecule has 1 aliphatic rings. The van der Waals surface area contributed by atoms with Crippen LogP contribution >= 0.6 is 0 Å². The molecule has 1 aromatic heterocycles. The first-order chi connectivity index (χ1) is 9.27. The maximum Gasteiger partial charge on any atom is 0.0303 e. The van der Waals surface area contributed by atoms with Crippen molar-refractivity contribution in [1.82, 2.24) is 10.3 Å². The summed E-state index contributed by atoms with van der Waals surface area (Å²) >= 11 is 0. The fourth-order valence-electron chi connectivity index (χ4n) is 3.22. The van der Waals surface area contributed by atoms with Crippen LogP contribution in [0.3, 0.4) is 0 Å². The van der Waals surface area contributed by atoms with Gasteiger partial charge in [-0.05, 0) is 42.9 Å². The largest absolute Gasteiger partial charge is 0.316 e. The van der Waals surface area contributed by atoms with Crippen molar-refractivity contribution in [2.45, 2.75) is 51.9 Å². The number of pyridine rings is 1. The molecular formula is C17H28N2. The van der Waals surface area contributed by atoms with Gasteiger partial charge >= 0.3 is 0 Å². The van der Waals surface area contributed by atoms with Crippen LogP contribution < -0.4 is 5.32 Å². The summed E-state index contributed by atoms with van der Waals surface area (Å²) in [4.78, 5) is 4.32. The molecule has 0 spiro atoms. The zero-order valence-corrected chi connectivity index (χ0v) is 12.4. The first kappa shape index (κ1) is 14.5. The second-order valence-corrected chi connectivity index (χ2v) is 6.34. The van der Waals surface area contributed by atoms with Crippen LogP contribution in [0.25, 0.3) is 0 Å². The average molecular weight is 260 g/mol. The number of aromatic nitrogens is 1. The lowest BCUT2D eigenvalue weighted by molar-refractivity contribution is 0.294. The third-order valence-corrected chi connectivity index (χ3v) is 4.25. The molecule has 1 aliphatic carbocycles. The van der Waals surface area contributed by atoms with Gasteiger partial charge in [0.25, 0.3) is 0 Å². The van der Waals surface area contributed by atoms with E-state index in [-0.39, 0.29) is 0 Å². The summed E-state index contributed by atoms with van der Waals surface area (Å²) in [5.41, 5.74) is 1.42. The molecule has 1 unspecified atom stereocenters. The number of hydrogen-bond acceptors (Lipinski definition) is 2. The number of rotatable bonds is 6. The number of nitrogens with zero attached hydrogens (tertiary/aromatic N) is 1. The molecule has 2 heteroatoms. The topological polar surface area (TPSA) is 24.9 Å². The van der Waals surface area contributed by atoms with Crippen LogP contribution in [0.1, 0.15) is 57.4 Å². The van der Waals surface area contributed by atoms with E-state index in [0.29, 0.717) is 5.92 Å². The lowest BCUT2D eigenvalue weighted by atomic mass is 9.77. The third kappa shape index (κ3) is 4.61. The van der Waals surface area contributed by atoms with E-state index in [0.717, 1.165) is 24.9 Å². The first-order valence-corrected chi connectivity index (χ1v) is 7.88. The van der Waals surface area contributed by atoms with Crippen LogP contribution in [-0.4, -0.2) is 18.1 Å². The van der Waals surface area contributed by atoms with E-state index in [1.165, 1.54) is 37.7 Å². The van der Waals surface area contributed by atoms with Crippen molar-refractivity contribution >= 4 is 0 Å². The van der Waals surface area contributed by atoms with Crippen molar-refractivity contribution in [3.05, 3.63) is 30.1 Å². The fraction of sp³-hybridized carbons (Fsp3) is 0.706. The van der Waals surface area contributed by atoms with Gasteiger partial charge in [0.15, 0.2) is 0 Å². The van der Waals surface area contributed by atoms with E-state index in [2.05, 4.69) is 42.5 Å².